The van der Waals surface area contributed by atoms with E-state index in [2.05, 4.69) is 0 Å². The number of aromatic hydroxyl groups is 1. The van der Waals surface area contributed by atoms with Crippen molar-refractivity contribution in [3.63, 3.8) is 0 Å². The van der Waals surface area contributed by atoms with Crippen LogP contribution in [0.4, 0.5) is 0 Å². The Bertz CT molecular complexity index is 456. The number of benzene rings is 1. The van der Waals surface area contributed by atoms with Crippen LogP contribution in [0.3, 0.4) is 0 Å². The Balaban J connectivity index is 2.47. The molecule has 1 aromatic carbocycles. The van der Waals surface area contributed by atoms with Crippen molar-refractivity contribution in [2.75, 3.05) is 0 Å². The van der Waals surface area contributed by atoms with Crippen LogP contribution < -0.4 is 4.74 Å². The fraction of sp³-hybridized carbons (Fsp3) is 0.364. The third-order valence-electron chi connectivity index (χ3n) is 2.54. The van der Waals surface area contributed by atoms with Gasteiger partial charge in [-0.2, -0.15) is 0 Å². The normalized spacial score (nSPS) is 18.0. The van der Waals surface area contributed by atoms with Gasteiger partial charge in [0, 0.05) is 17.5 Å². The maximum absolute atomic E-state index is 10.6. The Labute approximate surface area is 97.4 Å². The zero-order valence-corrected chi connectivity index (χ0v) is 9.41. The number of hydrogen-bond acceptors (Lipinski definition) is 3. The summed E-state index contributed by atoms with van der Waals surface area (Å²) in [6.45, 7) is 1.89. The summed E-state index contributed by atoms with van der Waals surface area (Å²) in [5.41, 5.74) is 1.03. The number of carboxylic acids is 1. The van der Waals surface area contributed by atoms with Gasteiger partial charge in [0.15, 0.2) is 0 Å². The minimum absolute atomic E-state index is 0.00646. The molecule has 0 bridgehead atoms. The molecule has 1 aliphatic rings. The van der Waals surface area contributed by atoms with E-state index in [9.17, 15) is 9.90 Å². The average Bonchev–Trinajstić information content (AvgIpc) is 2.54. The number of halogens is 1. The lowest BCUT2D eigenvalue weighted by molar-refractivity contribution is -0.136. The minimum Gasteiger partial charge on any atom is -0.506 e. The minimum atomic E-state index is -1.02. The molecule has 1 heterocycles. The topological polar surface area (TPSA) is 66.8 Å². The van der Waals surface area contributed by atoms with Gasteiger partial charge < -0.3 is 14.9 Å². The SMILES string of the molecule is CC1Cc2c(cc(CC(=O)O)c(O)c2Cl)O1. The van der Waals surface area contributed by atoms with Crippen molar-refractivity contribution in [2.24, 2.45) is 0 Å². The Morgan fingerprint density at radius 2 is 2.38 bits per heavy atom. The number of fused-ring (bicyclic) bond motifs is 1. The molecular weight excluding hydrogens is 232 g/mol. The first-order valence-corrected chi connectivity index (χ1v) is 5.28. The summed E-state index contributed by atoms with van der Waals surface area (Å²) in [5.74, 6) is -0.593. The van der Waals surface area contributed by atoms with Crippen LogP contribution in [0.15, 0.2) is 6.07 Å². The first-order chi connectivity index (χ1) is 7.49. The van der Waals surface area contributed by atoms with Gasteiger partial charge in [0.1, 0.15) is 17.6 Å². The van der Waals surface area contributed by atoms with Crippen molar-refractivity contribution in [1.29, 1.82) is 0 Å². The van der Waals surface area contributed by atoms with E-state index >= 15 is 0 Å². The van der Waals surface area contributed by atoms with Gasteiger partial charge in [0.25, 0.3) is 0 Å². The molecule has 2 rings (SSSR count). The van der Waals surface area contributed by atoms with Gasteiger partial charge in [-0.3, -0.25) is 4.79 Å². The number of hydrogen-bond donors (Lipinski definition) is 2. The number of rotatable bonds is 2. The second-order valence-electron chi connectivity index (χ2n) is 3.88. The highest BCUT2D eigenvalue weighted by atomic mass is 35.5. The fourth-order valence-corrected chi connectivity index (χ4v) is 2.14. The Hall–Kier alpha value is -1.42. The van der Waals surface area contributed by atoms with E-state index < -0.39 is 5.97 Å². The summed E-state index contributed by atoms with van der Waals surface area (Å²) in [5, 5.41) is 18.6. The quantitative estimate of drug-likeness (QED) is 0.832. The van der Waals surface area contributed by atoms with Gasteiger partial charge >= 0.3 is 5.97 Å². The number of phenolic OH excluding ortho intramolecular Hbond substituents is 1. The molecule has 1 unspecified atom stereocenters. The van der Waals surface area contributed by atoms with Gasteiger partial charge in [-0.1, -0.05) is 11.6 Å². The largest absolute Gasteiger partial charge is 0.506 e. The molecular formula is C11H11ClO4. The van der Waals surface area contributed by atoms with E-state index in [0.29, 0.717) is 12.2 Å². The summed E-state index contributed by atoms with van der Waals surface area (Å²) in [7, 11) is 0. The van der Waals surface area contributed by atoms with E-state index in [1.165, 1.54) is 0 Å². The molecule has 0 spiro atoms. The van der Waals surface area contributed by atoms with Crippen LogP contribution in [0.1, 0.15) is 18.1 Å². The van der Waals surface area contributed by atoms with Crippen molar-refractivity contribution in [2.45, 2.75) is 25.9 Å². The molecule has 1 aliphatic heterocycles. The van der Waals surface area contributed by atoms with Crippen molar-refractivity contribution in [1.82, 2.24) is 0 Å². The monoisotopic (exact) mass is 242 g/mol. The number of phenols is 1. The molecule has 0 radical (unpaired) electrons. The lowest BCUT2D eigenvalue weighted by Gasteiger charge is -2.08. The predicted molar refractivity (Wildman–Crippen MR) is 58.3 cm³/mol. The number of carboxylic acid groups (broad SMARTS) is 1. The third-order valence-corrected chi connectivity index (χ3v) is 2.95. The van der Waals surface area contributed by atoms with Gasteiger partial charge in [0.05, 0.1) is 11.4 Å². The molecule has 0 aromatic heterocycles. The van der Waals surface area contributed by atoms with Crippen LogP contribution in [0, 0.1) is 0 Å². The van der Waals surface area contributed by atoms with E-state index in [0.717, 1.165) is 5.56 Å². The number of ether oxygens (including phenoxy) is 1. The van der Waals surface area contributed by atoms with Gasteiger partial charge in [-0.15, -0.1) is 0 Å². The predicted octanol–water partition coefficient (Wildman–Crippen LogP) is 2.00. The van der Waals surface area contributed by atoms with Crippen LogP contribution in [0.25, 0.3) is 0 Å². The maximum atomic E-state index is 10.6. The van der Waals surface area contributed by atoms with E-state index in [4.69, 9.17) is 21.4 Å². The summed E-state index contributed by atoms with van der Waals surface area (Å²) >= 11 is 5.97. The van der Waals surface area contributed by atoms with Crippen LogP contribution in [0.5, 0.6) is 11.5 Å². The maximum Gasteiger partial charge on any atom is 0.307 e. The molecule has 0 amide bonds. The summed E-state index contributed by atoms with van der Waals surface area (Å²) in [4.78, 5) is 10.6. The van der Waals surface area contributed by atoms with Crippen molar-refractivity contribution in [3.05, 3.63) is 22.2 Å². The van der Waals surface area contributed by atoms with Crippen molar-refractivity contribution >= 4 is 17.6 Å². The zero-order valence-electron chi connectivity index (χ0n) is 8.66. The van der Waals surface area contributed by atoms with E-state index in [1.54, 1.807) is 6.07 Å². The van der Waals surface area contributed by atoms with Crippen LogP contribution >= 0.6 is 11.6 Å². The molecule has 4 nitrogen and oxygen atoms in total. The van der Waals surface area contributed by atoms with Gasteiger partial charge in [-0.05, 0) is 13.0 Å². The second kappa shape index (κ2) is 3.87. The second-order valence-corrected chi connectivity index (χ2v) is 4.26. The lowest BCUT2D eigenvalue weighted by atomic mass is 10.0. The van der Waals surface area contributed by atoms with Gasteiger partial charge in [0.2, 0.25) is 0 Å². The lowest BCUT2D eigenvalue weighted by Crippen LogP contribution is -2.05. The Morgan fingerprint density at radius 1 is 1.69 bits per heavy atom. The average molecular weight is 243 g/mol. The number of carbonyl (C=O) groups is 1. The smallest absolute Gasteiger partial charge is 0.307 e. The first-order valence-electron chi connectivity index (χ1n) is 4.90. The molecule has 86 valence electrons. The van der Waals surface area contributed by atoms with Crippen LogP contribution in [-0.2, 0) is 17.6 Å². The zero-order chi connectivity index (χ0) is 11.9. The molecule has 5 heteroatoms. The molecule has 0 saturated heterocycles. The van der Waals surface area contributed by atoms with Gasteiger partial charge in [-0.25, -0.2) is 0 Å². The Morgan fingerprint density at radius 3 is 3.00 bits per heavy atom. The number of aliphatic carboxylic acids is 1. The highest BCUT2D eigenvalue weighted by Gasteiger charge is 2.26. The standard InChI is InChI=1S/C11H11ClO4/c1-5-2-7-8(16-5)3-6(4-9(13)14)11(15)10(7)12/h3,5,15H,2,4H2,1H3,(H,13,14). The van der Waals surface area contributed by atoms with Crippen LogP contribution in [0.2, 0.25) is 5.02 Å². The third kappa shape index (κ3) is 1.80. The molecule has 0 saturated carbocycles. The molecule has 1 atom stereocenters. The highest BCUT2D eigenvalue weighted by Crippen LogP contribution is 2.42. The van der Waals surface area contributed by atoms with Crippen molar-refractivity contribution < 1.29 is 19.7 Å². The molecule has 2 N–H and O–H groups in total. The summed E-state index contributed by atoms with van der Waals surface area (Å²) in [6, 6.07) is 1.55. The van der Waals surface area contributed by atoms with E-state index in [-0.39, 0.29) is 28.9 Å². The molecule has 0 fully saturated rings. The highest BCUT2D eigenvalue weighted by molar-refractivity contribution is 6.33. The Kier molecular flexibility index (Phi) is 2.68. The fourth-order valence-electron chi connectivity index (χ4n) is 1.84. The molecule has 1 aromatic rings. The summed E-state index contributed by atoms with van der Waals surface area (Å²) in [6.07, 6.45) is 0.373. The first kappa shape index (κ1) is 11.1. The van der Waals surface area contributed by atoms with E-state index in [1.807, 2.05) is 6.92 Å². The molecule has 0 aliphatic carbocycles. The summed E-state index contributed by atoms with van der Waals surface area (Å²) < 4.78 is 5.48. The van der Waals surface area contributed by atoms with Crippen LogP contribution in [-0.4, -0.2) is 22.3 Å². The van der Waals surface area contributed by atoms with Crippen molar-refractivity contribution in [3.8, 4) is 11.5 Å². The molecule has 16 heavy (non-hydrogen) atoms.